The molecule has 1 aromatic carbocycles. The molecule has 2 amide bonds. The van der Waals surface area contributed by atoms with Crippen LogP contribution in [0.1, 0.15) is 58.5 Å². The van der Waals surface area contributed by atoms with Gasteiger partial charge in [0.05, 0.1) is 43.3 Å². The fraction of sp³-hybridized carbons (Fsp3) is 0.196. The molecule has 27 nitrogen and oxygen atoms in total. The van der Waals surface area contributed by atoms with Gasteiger partial charge in [0.25, 0.3) is 0 Å². The van der Waals surface area contributed by atoms with Crippen LogP contribution in [0, 0.1) is 0 Å². The zero-order chi connectivity index (χ0) is 55.3. The van der Waals surface area contributed by atoms with Gasteiger partial charge < -0.3 is 40.7 Å². The Bertz CT molecular complexity index is 3990. The summed E-state index contributed by atoms with van der Waals surface area (Å²) in [5, 5.41) is 44.9. The molecule has 0 spiro atoms. The zero-order valence-corrected chi connectivity index (χ0v) is 42.8. The fourth-order valence-corrected chi connectivity index (χ4v) is 9.08. The lowest BCUT2D eigenvalue weighted by molar-refractivity contribution is 0.102. The average Bonchev–Trinajstić information content (AvgIpc) is 4.46. The van der Waals surface area contributed by atoms with Crippen molar-refractivity contribution in [2.75, 3.05) is 17.2 Å². The van der Waals surface area contributed by atoms with Crippen LogP contribution >= 0.6 is 0 Å². The van der Waals surface area contributed by atoms with Crippen LogP contribution in [0.15, 0.2) is 134 Å². The minimum absolute atomic E-state index is 0.0644. The largest absolute Gasteiger partial charge is 0.549 e. The lowest BCUT2D eigenvalue weighted by Gasteiger charge is -2.38. The number of furan rings is 3. The number of benzene rings is 1. The lowest BCUT2D eigenvalue weighted by Crippen LogP contribution is -2.60. The highest BCUT2D eigenvalue weighted by molar-refractivity contribution is 5.96. The van der Waals surface area contributed by atoms with Crippen LogP contribution in [0.2, 0.25) is 0 Å². The summed E-state index contributed by atoms with van der Waals surface area (Å²) in [6.07, 6.45) is 5.91. The third kappa shape index (κ3) is 8.77. The van der Waals surface area contributed by atoms with Crippen LogP contribution in [0.3, 0.4) is 0 Å². The summed E-state index contributed by atoms with van der Waals surface area (Å²) in [5.74, 6) is 1.75. The number of amides is 2. The molecule has 0 bridgehead atoms. The Kier molecular flexibility index (Phi) is 12.7. The summed E-state index contributed by atoms with van der Waals surface area (Å²) in [7, 11) is 0. The van der Waals surface area contributed by atoms with Crippen molar-refractivity contribution < 1.29 is 33.1 Å². The van der Waals surface area contributed by atoms with Crippen LogP contribution in [0.25, 0.3) is 68.3 Å². The van der Waals surface area contributed by atoms with E-state index in [1.54, 1.807) is 91.3 Å². The van der Waals surface area contributed by atoms with E-state index in [4.69, 9.17) is 30.5 Å². The molecule has 0 saturated heterocycles. The van der Waals surface area contributed by atoms with E-state index >= 15 is 0 Å². The van der Waals surface area contributed by atoms with Gasteiger partial charge in [-0.05, 0) is 107 Å². The molecule has 2 atom stereocenters. The number of quaternary nitrogens is 2. The normalized spacial score (nSPS) is 16.5. The smallest absolute Gasteiger partial charge is 0.463 e. The average molecular weight is 1060 g/mol. The first-order chi connectivity index (χ1) is 37.2. The van der Waals surface area contributed by atoms with E-state index in [2.05, 4.69) is 72.4 Å². The van der Waals surface area contributed by atoms with Gasteiger partial charge in [0, 0.05) is 22.4 Å². The fourth-order valence-electron chi connectivity index (χ4n) is 9.08. The van der Waals surface area contributed by atoms with E-state index in [1.807, 2.05) is 63.2 Å². The van der Waals surface area contributed by atoms with Gasteiger partial charge in [-0.25, -0.2) is 24.3 Å². The first kappa shape index (κ1) is 51.1. The number of allylic oxidation sites excluding steroid dienone is 1. The lowest BCUT2D eigenvalue weighted by atomic mass is 10.0. The molecule has 0 saturated carbocycles. The monoisotopic (exact) mass is 1050 g/mol. The van der Waals surface area contributed by atoms with E-state index in [9.17, 15) is 19.8 Å². The third-order valence-corrected chi connectivity index (χ3v) is 12.7. The SMILES string of the molecule is C=Cc1cccc(Cn2nnc3c(-c4ccco4)nc(N)nc32)n1.CC(C)(C)[N+]1(C(=O)O)C=C(Cn2nnc3c(-c4ccco4)nc(N)nc32)c2ccccc21.CC(C)(C)[N+]1(C(=O)O)N=Nc2c(-c3ccco3)nc(N)nc21. The topological polar surface area (TPSA) is 368 Å². The predicted molar refractivity (Wildman–Crippen MR) is 286 cm³/mol. The molecule has 9 aromatic heterocycles. The Morgan fingerprint density at radius 3 is 1.68 bits per heavy atom. The minimum Gasteiger partial charge on any atom is -0.463 e. The summed E-state index contributed by atoms with van der Waals surface area (Å²) in [6, 6.07) is 23.7. The number of para-hydroxylation sites is 1. The van der Waals surface area contributed by atoms with E-state index in [-0.39, 0.29) is 40.4 Å². The maximum absolute atomic E-state index is 12.6. The van der Waals surface area contributed by atoms with Crippen LogP contribution in [-0.2, 0) is 13.1 Å². The number of nitrogens with zero attached hydrogens (tertiary/aromatic N) is 17. The number of hydrogen-bond acceptors (Lipinski definition) is 21. The minimum atomic E-state index is -1.20. The summed E-state index contributed by atoms with van der Waals surface area (Å²) in [4.78, 5) is 54.3. The van der Waals surface area contributed by atoms with Crippen molar-refractivity contribution in [3.05, 3.63) is 127 Å². The Hall–Kier alpha value is -10.4. The number of rotatable bonds is 8. The maximum atomic E-state index is 12.6. The highest BCUT2D eigenvalue weighted by atomic mass is 16.4. The van der Waals surface area contributed by atoms with Crippen molar-refractivity contribution in [1.29, 1.82) is 0 Å². The molecule has 0 radical (unpaired) electrons. The molecule has 2 unspecified atom stereocenters. The van der Waals surface area contributed by atoms with Gasteiger partial charge in [-0.15, -0.1) is 10.2 Å². The second-order valence-electron chi connectivity index (χ2n) is 19.6. The number of anilines is 3. The second kappa shape index (κ2) is 19.4. The number of fused-ring (bicyclic) bond motifs is 4. The van der Waals surface area contributed by atoms with Gasteiger partial charge in [-0.2, -0.15) is 29.0 Å². The van der Waals surface area contributed by atoms with Gasteiger partial charge in [0.1, 0.15) is 34.4 Å². The van der Waals surface area contributed by atoms with Gasteiger partial charge in [-0.3, -0.25) is 4.98 Å². The maximum Gasteiger partial charge on any atom is 0.549 e. The molecule has 10 aromatic rings. The molecular weight excluding hydrogens is 1000 g/mol. The van der Waals surface area contributed by atoms with Crippen LogP contribution in [-0.4, -0.2) is 98.4 Å². The van der Waals surface area contributed by atoms with Gasteiger partial charge in [0.15, 0.2) is 45.3 Å². The Morgan fingerprint density at radius 2 is 1.17 bits per heavy atom. The van der Waals surface area contributed by atoms with E-state index in [0.717, 1.165) is 22.5 Å². The number of nitrogens with two attached hydrogens (primary N) is 3. The molecule has 78 heavy (non-hydrogen) atoms. The standard InChI is InChI=1S/C22H21N7O3.C16H13N7O.C13H14N6O3/c1-22(2,3)29(21(30)31)12-13(14-7-4-5-8-15(14)29)11-28-19-18(26-27-28)17(24-20(23)25-19)16-9-6-10-32-16;1-2-10-5-3-6-11(18-10)9-23-15-14(21-22-23)13(19-16(17)20-15)12-7-4-8-24-12;1-13(2,3)19(12(20)21)10-9(17-18-19)8(15-11(14)16-10)7-5-4-6-22-7/h4-10,12H,11H2,1-3H3,(H2-,23,24,25,27,30,31);2-8H,1,9H2,(H2,17,19,20);4-6H,1-3H3,(H2-,14,15,16,18,20,21)/p+2. The van der Waals surface area contributed by atoms with Gasteiger partial charge >= 0.3 is 18.0 Å². The van der Waals surface area contributed by atoms with Gasteiger partial charge in [0.2, 0.25) is 23.5 Å². The second-order valence-corrected chi connectivity index (χ2v) is 19.6. The first-order valence-corrected chi connectivity index (χ1v) is 23.9. The van der Waals surface area contributed by atoms with Crippen LogP contribution in [0.4, 0.5) is 44.6 Å². The molecule has 0 aliphatic carbocycles. The zero-order valence-electron chi connectivity index (χ0n) is 42.8. The number of carbonyl (C=O) groups is 2. The Balaban J connectivity index is 0.000000135. The number of nitrogen functional groups attached to an aromatic ring is 3. The summed E-state index contributed by atoms with van der Waals surface area (Å²) in [5.41, 5.74) is 23.6. The summed E-state index contributed by atoms with van der Waals surface area (Å²) < 4.78 is 18.3. The van der Waals surface area contributed by atoms with Crippen molar-refractivity contribution in [2.45, 2.75) is 65.7 Å². The molecule has 0 fully saturated rings. The molecular formula is C51H50N20O7+2. The predicted octanol–water partition coefficient (Wildman–Crippen LogP) is 9.17. The van der Waals surface area contributed by atoms with E-state index < -0.39 is 27.9 Å². The molecule has 12 rings (SSSR count). The first-order valence-electron chi connectivity index (χ1n) is 23.9. The van der Waals surface area contributed by atoms with Crippen molar-refractivity contribution in [1.82, 2.24) is 74.0 Å². The van der Waals surface area contributed by atoms with E-state index in [0.29, 0.717) is 68.9 Å². The van der Waals surface area contributed by atoms with Crippen molar-refractivity contribution in [2.24, 2.45) is 10.3 Å². The molecule has 8 N–H and O–H groups in total. The van der Waals surface area contributed by atoms with Crippen molar-refractivity contribution >= 4 is 81.2 Å². The number of aromatic nitrogens is 13. The highest BCUT2D eigenvalue weighted by Crippen LogP contribution is 2.50. The van der Waals surface area contributed by atoms with E-state index in [1.165, 1.54) is 6.26 Å². The highest BCUT2D eigenvalue weighted by Gasteiger charge is 2.59. The Morgan fingerprint density at radius 1 is 0.628 bits per heavy atom. The Labute approximate surface area is 441 Å². The molecule has 2 aliphatic heterocycles. The number of hydrogen-bond donors (Lipinski definition) is 5. The summed E-state index contributed by atoms with van der Waals surface area (Å²) >= 11 is 0. The molecule has 2 aliphatic rings. The van der Waals surface area contributed by atoms with Crippen LogP contribution < -0.4 is 26.3 Å². The molecule has 394 valence electrons. The number of carboxylic acid groups (broad SMARTS) is 2. The van der Waals surface area contributed by atoms with Crippen LogP contribution in [0.5, 0.6) is 0 Å². The molecule has 11 heterocycles. The summed E-state index contributed by atoms with van der Waals surface area (Å²) in [6.45, 7) is 15.3. The van der Waals surface area contributed by atoms with Gasteiger partial charge in [-0.1, -0.05) is 40.3 Å². The van der Waals surface area contributed by atoms with Crippen molar-refractivity contribution in [3.8, 4) is 34.4 Å². The third-order valence-electron chi connectivity index (χ3n) is 12.7. The number of pyridine rings is 1. The quantitative estimate of drug-likeness (QED) is 0.0885. The molecule has 27 heteroatoms. The van der Waals surface area contributed by atoms with Crippen molar-refractivity contribution in [3.63, 3.8) is 0 Å².